The van der Waals surface area contributed by atoms with Crippen molar-refractivity contribution in [2.24, 2.45) is 0 Å². The summed E-state index contributed by atoms with van der Waals surface area (Å²) in [7, 11) is 1.29. The van der Waals surface area contributed by atoms with Crippen molar-refractivity contribution in [2.75, 3.05) is 20.2 Å². The molecule has 0 unspecified atom stereocenters. The van der Waals surface area contributed by atoms with Crippen LogP contribution in [0.5, 0.6) is 0 Å². The van der Waals surface area contributed by atoms with Crippen LogP contribution in [0.15, 0.2) is 0 Å². The van der Waals surface area contributed by atoms with Gasteiger partial charge in [0.05, 0.1) is 7.11 Å². The molecule has 2 aliphatic rings. The normalized spacial score (nSPS) is 26.6. The Kier molecular flexibility index (Phi) is 3.92. The second-order valence-corrected chi connectivity index (χ2v) is 4.85. The van der Waals surface area contributed by atoms with Gasteiger partial charge in [-0.15, -0.1) is 0 Å². The van der Waals surface area contributed by atoms with Gasteiger partial charge in [-0.2, -0.15) is 0 Å². The number of carbonyl (C=O) groups excluding carboxylic acids is 2. The minimum Gasteiger partial charge on any atom is -0.467 e. The minimum atomic E-state index is -1.08. The molecule has 2 aliphatic heterocycles. The van der Waals surface area contributed by atoms with E-state index in [1.165, 1.54) is 12.0 Å². The molecule has 19 heavy (non-hydrogen) atoms. The fourth-order valence-corrected chi connectivity index (χ4v) is 2.86. The van der Waals surface area contributed by atoms with Gasteiger partial charge in [0.2, 0.25) is 5.91 Å². The molecule has 2 heterocycles. The van der Waals surface area contributed by atoms with Crippen molar-refractivity contribution in [1.29, 1.82) is 0 Å². The lowest BCUT2D eigenvalue weighted by Gasteiger charge is -2.29. The average molecular weight is 270 g/mol. The summed E-state index contributed by atoms with van der Waals surface area (Å²) in [5.74, 6) is -0.696. The predicted molar refractivity (Wildman–Crippen MR) is 64.5 cm³/mol. The molecular weight excluding hydrogens is 252 g/mol. The molecular formula is C12H18N2O5. The number of carboxylic acid groups (broad SMARTS) is 1. The third-order valence-electron chi connectivity index (χ3n) is 3.79. The van der Waals surface area contributed by atoms with Gasteiger partial charge in [0.25, 0.3) is 0 Å². The average Bonchev–Trinajstić information content (AvgIpc) is 3.05. The highest BCUT2D eigenvalue weighted by atomic mass is 16.5. The molecule has 0 aromatic carbocycles. The van der Waals surface area contributed by atoms with E-state index in [2.05, 4.69) is 4.74 Å². The zero-order valence-corrected chi connectivity index (χ0v) is 10.9. The van der Waals surface area contributed by atoms with Crippen molar-refractivity contribution in [2.45, 2.75) is 37.8 Å². The Morgan fingerprint density at radius 2 is 1.63 bits per heavy atom. The maximum Gasteiger partial charge on any atom is 0.407 e. The molecule has 0 saturated carbocycles. The van der Waals surface area contributed by atoms with Crippen LogP contribution in [0.25, 0.3) is 0 Å². The van der Waals surface area contributed by atoms with E-state index in [0.29, 0.717) is 32.4 Å². The number of amides is 2. The Bertz CT molecular complexity index is 398. The Morgan fingerprint density at radius 3 is 2.21 bits per heavy atom. The first kappa shape index (κ1) is 13.6. The maximum absolute atomic E-state index is 12.4. The number of carbonyl (C=O) groups is 3. The Morgan fingerprint density at radius 1 is 1.05 bits per heavy atom. The van der Waals surface area contributed by atoms with Crippen molar-refractivity contribution in [3.8, 4) is 0 Å². The Balaban J connectivity index is 2.10. The van der Waals surface area contributed by atoms with Crippen LogP contribution < -0.4 is 0 Å². The van der Waals surface area contributed by atoms with Gasteiger partial charge in [0, 0.05) is 13.1 Å². The minimum absolute atomic E-state index is 0.271. The fraction of sp³-hybridized carbons (Fsp3) is 0.750. The number of rotatable bonds is 2. The van der Waals surface area contributed by atoms with Crippen LogP contribution in [0.1, 0.15) is 25.7 Å². The lowest BCUT2D eigenvalue weighted by molar-refractivity contribution is -0.152. The Labute approximate surface area is 111 Å². The van der Waals surface area contributed by atoms with E-state index < -0.39 is 24.1 Å². The predicted octanol–water partition coefficient (Wildman–Crippen LogP) is 0.293. The standard InChI is InChI=1S/C12H18N2O5/c1-19-11(16)9-5-3-6-13(9)10(15)8-4-2-7-14(8)12(17)18/h8-9H,2-7H2,1H3,(H,17,18)/t8-,9+/m1/s1. The van der Waals surface area contributed by atoms with Crippen LogP contribution in [0.4, 0.5) is 4.79 Å². The summed E-state index contributed by atoms with van der Waals surface area (Å²) in [6.07, 6.45) is 1.45. The molecule has 2 atom stereocenters. The molecule has 0 radical (unpaired) electrons. The van der Waals surface area contributed by atoms with Gasteiger partial charge in [0.15, 0.2) is 0 Å². The summed E-state index contributed by atoms with van der Waals surface area (Å²) >= 11 is 0. The first-order chi connectivity index (χ1) is 9.06. The summed E-state index contributed by atoms with van der Waals surface area (Å²) in [5.41, 5.74) is 0. The number of methoxy groups -OCH3 is 1. The van der Waals surface area contributed by atoms with Crippen molar-refractivity contribution in [3.05, 3.63) is 0 Å². The van der Waals surface area contributed by atoms with Gasteiger partial charge in [0.1, 0.15) is 12.1 Å². The maximum atomic E-state index is 12.4. The van der Waals surface area contributed by atoms with Gasteiger partial charge in [-0.25, -0.2) is 9.59 Å². The molecule has 2 amide bonds. The van der Waals surface area contributed by atoms with E-state index in [9.17, 15) is 14.4 Å². The SMILES string of the molecule is COC(=O)[C@@H]1CCCN1C(=O)[C@H]1CCCN1C(=O)O. The first-order valence-corrected chi connectivity index (χ1v) is 6.44. The molecule has 0 aromatic rings. The summed E-state index contributed by atoms with van der Waals surface area (Å²) in [6, 6.07) is -1.21. The van der Waals surface area contributed by atoms with Gasteiger partial charge < -0.3 is 14.7 Å². The van der Waals surface area contributed by atoms with Crippen LogP contribution in [0, 0.1) is 0 Å². The molecule has 0 aliphatic carbocycles. The van der Waals surface area contributed by atoms with Crippen LogP contribution in [0.2, 0.25) is 0 Å². The van der Waals surface area contributed by atoms with E-state index in [1.54, 1.807) is 0 Å². The van der Waals surface area contributed by atoms with Crippen molar-refractivity contribution >= 4 is 18.0 Å². The van der Waals surface area contributed by atoms with Crippen LogP contribution >= 0.6 is 0 Å². The quantitative estimate of drug-likeness (QED) is 0.729. The largest absolute Gasteiger partial charge is 0.467 e. The highest BCUT2D eigenvalue weighted by molar-refractivity contribution is 5.90. The molecule has 2 rings (SSSR count). The summed E-state index contributed by atoms with van der Waals surface area (Å²) in [4.78, 5) is 37.7. The van der Waals surface area contributed by atoms with Gasteiger partial charge in [-0.05, 0) is 25.7 Å². The lowest BCUT2D eigenvalue weighted by Crippen LogP contribution is -2.50. The molecule has 2 fully saturated rings. The van der Waals surface area contributed by atoms with Crippen molar-refractivity contribution in [1.82, 2.24) is 9.80 Å². The van der Waals surface area contributed by atoms with Crippen molar-refractivity contribution < 1.29 is 24.2 Å². The molecule has 106 valence electrons. The summed E-state index contributed by atoms with van der Waals surface area (Å²) in [6.45, 7) is 0.866. The molecule has 7 heteroatoms. The van der Waals surface area contributed by atoms with Gasteiger partial charge in [-0.1, -0.05) is 0 Å². The number of hydrogen-bond donors (Lipinski definition) is 1. The summed E-state index contributed by atoms with van der Waals surface area (Å²) < 4.78 is 4.69. The third kappa shape index (κ3) is 2.50. The van der Waals surface area contributed by atoms with E-state index >= 15 is 0 Å². The lowest BCUT2D eigenvalue weighted by atomic mass is 10.1. The zero-order valence-electron chi connectivity index (χ0n) is 10.9. The van der Waals surface area contributed by atoms with Crippen molar-refractivity contribution in [3.63, 3.8) is 0 Å². The second-order valence-electron chi connectivity index (χ2n) is 4.85. The second kappa shape index (κ2) is 5.46. The molecule has 0 aromatic heterocycles. The molecule has 1 N–H and O–H groups in total. The topological polar surface area (TPSA) is 87.2 Å². The van der Waals surface area contributed by atoms with E-state index in [0.717, 1.165) is 11.3 Å². The number of esters is 1. The van der Waals surface area contributed by atoms with Gasteiger partial charge >= 0.3 is 12.1 Å². The molecule has 0 bridgehead atoms. The van der Waals surface area contributed by atoms with E-state index in [-0.39, 0.29) is 5.91 Å². The third-order valence-corrected chi connectivity index (χ3v) is 3.79. The monoisotopic (exact) mass is 270 g/mol. The Hall–Kier alpha value is -1.79. The van der Waals surface area contributed by atoms with Gasteiger partial charge in [-0.3, -0.25) is 9.69 Å². The van der Waals surface area contributed by atoms with Crippen LogP contribution in [-0.4, -0.2) is 65.2 Å². The van der Waals surface area contributed by atoms with Crippen LogP contribution in [-0.2, 0) is 14.3 Å². The molecule has 7 nitrogen and oxygen atoms in total. The fourth-order valence-electron chi connectivity index (χ4n) is 2.86. The van der Waals surface area contributed by atoms with Crippen LogP contribution in [0.3, 0.4) is 0 Å². The molecule has 0 spiro atoms. The summed E-state index contributed by atoms with van der Waals surface area (Å²) in [5, 5.41) is 9.06. The van der Waals surface area contributed by atoms with E-state index in [4.69, 9.17) is 5.11 Å². The highest BCUT2D eigenvalue weighted by Crippen LogP contribution is 2.25. The van der Waals surface area contributed by atoms with E-state index in [1.807, 2.05) is 0 Å². The number of ether oxygens (including phenoxy) is 1. The smallest absolute Gasteiger partial charge is 0.407 e. The highest BCUT2D eigenvalue weighted by Gasteiger charge is 2.42. The first-order valence-electron chi connectivity index (χ1n) is 6.44. The number of nitrogens with zero attached hydrogens (tertiary/aromatic N) is 2. The number of likely N-dealkylation sites (tertiary alicyclic amines) is 2. The zero-order chi connectivity index (χ0) is 14.0. The molecule has 2 saturated heterocycles. The number of hydrogen-bond acceptors (Lipinski definition) is 4.